The lowest BCUT2D eigenvalue weighted by Gasteiger charge is -2.18. The second-order valence-electron chi connectivity index (χ2n) is 4.63. The number of ether oxygens (including phenoxy) is 1. The van der Waals surface area contributed by atoms with E-state index in [1.807, 2.05) is 20.8 Å². The van der Waals surface area contributed by atoms with Crippen LogP contribution in [0.2, 0.25) is 0 Å². The van der Waals surface area contributed by atoms with Crippen molar-refractivity contribution in [3.8, 4) is 10.6 Å². The number of aromatic nitrogens is 3. The van der Waals surface area contributed by atoms with Crippen LogP contribution in [0, 0.1) is 0 Å². The Hall–Kier alpha value is -1.82. The average molecular weight is 263 g/mol. The molecule has 0 aromatic carbocycles. The van der Waals surface area contributed by atoms with Crippen LogP contribution < -0.4 is 0 Å². The Morgan fingerprint density at radius 1 is 1.33 bits per heavy atom. The Kier molecular flexibility index (Phi) is 3.38. The Bertz CT molecular complexity index is 546. The number of rotatable bonds is 2. The van der Waals surface area contributed by atoms with Gasteiger partial charge in [-0.3, -0.25) is 0 Å². The first-order chi connectivity index (χ1) is 8.46. The van der Waals surface area contributed by atoms with Crippen molar-refractivity contribution in [3.05, 3.63) is 29.8 Å². The summed E-state index contributed by atoms with van der Waals surface area (Å²) in [6.45, 7) is 5.47. The molecule has 0 radical (unpaired) electrons. The summed E-state index contributed by atoms with van der Waals surface area (Å²) >= 11 is 1.26. The van der Waals surface area contributed by atoms with E-state index in [9.17, 15) is 4.79 Å². The van der Waals surface area contributed by atoms with Crippen LogP contribution in [-0.4, -0.2) is 26.5 Å². The molecule has 0 saturated carbocycles. The van der Waals surface area contributed by atoms with E-state index in [1.54, 1.807) is 18.5 Å². The highest BCUT2D eigenvalue weighted by atomic mass is 32.1. The Morgan fingerprint density at radius 3 is 2.72 bits per heavy atom. The van der Waals surface area contributed by atoms with Crippen molar-refractivity contribution in [3.63, 3.8) is 0 Å². The summed E-state index contributed by atoms with van der Waals surface area (Å²) in [7, 11) is 0. The van der Waals surface area contributed by atoms with Crippen LogP contribution in [0.5, 0.6) is 0 Å². The van der Waals surface area contributed by atoms with Crippen LogP contribution in [0.15, 0.2) is 24.8 Å². The highest BCUT2D eigenvalue weighted by Crippen LogP contribution is 2.25. The third kappa shape index (κ3) is 3.10. The van der Waals surface area contributed by atoms with E-state index in [-0.39, 0.29) is 0 Å². The number of carbonyl (C=O) groups excluding carboxylic acids is 1. The van der Waals surface area contributed by atoms with E-state index in [2.05, 4.69) is 15.0 Å². The molecule has 2 aromatic heterocycles. The predicted octanol–water partition coefficient (Wildman–Crippen LogP) is 2.56. The molecule has 2 rings (SSSR count). The first-order valence-electron chi connectivity index (χ1n) is 5.41. The number of thiazole rings is 1. The monoisotopic (exact) mass is 263 g/mol. The van der Waals surface area contributed by atoms with E-state index < -0.39 is 11.6 Å². The van der Waals surface area contributed by atoms with Crippen molar-refractivity contribution in [2.45, 2.75) is 26.4 Å². The molecule has 0 fully saturated rings. The fourth-order valence-corrected chi connectivity index (χ4v) is 2.01. The average Bonchev–Trinajstić information content (AvgIpc) is 2.77. The summed E-state index contributed by atoms with van der Waals surface area (Å²) < 4.78 is 5.25. The fourth-order valence-electron chi connectivity index (χ4n) is 1.25. The SMILES string of the molecule is CC(C)(C)OC(=O)c1ncc(-c2ccncn2)s1. The minimum Gasteiger partial charge on any atom is -0.455 e. The van der Waals surface area contributed by atoms with Crippen molar-refractivity contribution >= 4 is 17.3 Å². The molecule has 0 N–H and O–H groups in total. The van der Waals surface area contributed by atoms with Gasteiger partial charge < -0.3 is 4.74 Å². The first-order valence-corrected chi connectivity index (χ1v) is 6.23. The molecule has 0 aliphatic heterocycles. The van der Waals surface area contributed by atoms with E-state index >= 15 is 0 Å². The topological polar surface area (TPSA) is 65.0 Å². The predicted molar refractivity (Wildman–Crippen MR) is 68.3 cm³/mol. The molecule has 0 bridgehead atoms. The minimum atomic E-state index is -0.516. The van der Waals surface area contributed by atoms with Gasteiger partial charge in [0.25, 0.3) is 0 Å². The third-order valence-electron chi connectivity index (χ3n) is 1.91. The summed E-state index contributed by atoms with van der Waals surface area (Å²) in [5, 5.41) is 0.332. The molecule has 0 aliphatic rings. The van der Waals surface area contributed by atoms with Gasteiger partial charge in [-0.25, -0.2) is 19.7 Å². The highest BCUT2D eigenvalue weighted by molar-refractivity contribution is 7.16. The Morgan fingerprint density at radius 2 is 2.11 bits per heavy atom. The maximum Gasteiger partial charge on any atom is 0.367 e. The van der Waals surface area contributed by atoms with Gasteiger partial charge >= 0.3 is 5.97 Å². The van der Waals surface area contributed by atoms with Gasteiger partial charge in [0.1, 0.15) is 11.9 Å². The molecule has 0 amide bonds. The lowest BCUT2D eigenvalue weighted by Crippen LogP contribution is -2.23. The van der Waals surface area contributed by atoms with Crippen LogP contribution >= 0.6 is 11.3 Å². The zero-order chi connectivity index (χ0) is 13.2. The maximum absolute atomic E-state index is 11.8. The first kappa shape index (κ1) is 12.6. The van der Waals surface area contributed by atoms with Crippen LogP contribution in [0.1, 0.15) is 30.6 Å². The Balaban J connectivity index is 2.19. The second kappa shape index (κ2) is 4.81. The summed E-state index contributed by atoms with van der Waals surface area (Å²) in [5.41, 5.74) is 0.231. The quantitative estimate of drug-likeness (QED) is 0.779. The van der Waals surface area contributed by atoms with Crippen molar-refractivity contribution in [1.29, 1.82) is 0 Å². The van der Waals surface area contributed by atoms with E-state index in [0.29, 0.717) is 5.01 Å². The van der Waals surface area contributed by atoms with E-state index in [4.69, 9.17) is 4.74 Å². The zero-order valence-corrected chi connectivity index (χ0v) is 11.2. The standard InChI is InChI=1S/C12H13N3O2S/c1-12(2,3)17-11(16)10-14-6-9(18-10)8-4-5-13-7-15-8/h4-7H,1-3H3. The van der Waals surface area contributed by atoms with Crippen molar-refractivity contribution in [2.24, 2.45) is 0 Å². The number of hydrogen-bond acceptors (Lipinski definition) is 6. The van der Waals surface area contributed by atoms with Gasteiger partial charge in [-0.1, -0.05) is 0 Å². The van der Waals surface area contributed by atoms with Crippen LogP contribution in [0.4, 0.5) is 0 Å². The smallest absolute Gasteiger partial charge is 0.367 e. The molecular formula is C12H13N3O2S. The van der Waals surface area contributed by atoms with Gasteiger partial charge in [0.15, 0.2) is 0 Å². The minimum absolute atomic E-state index is 0.332. The molecule has 6 heteroatoms. The number of nitrogens with zero attached hydrogens (tertiary/aromatic N) is 3. The lowest BCUT2D eigenvalue weighted by molar-refractivity contribution is 0.00692. The molecule has 0 atom stereocenters. The molecule has 0 unspecified atom stereocenters. The van der Waals surface area contributed by atoms with Crippen LogP contribution in [0.25, 0.3) is 10.6 Å². The van der Waals surface area contributed by atoms with Crippen LogP contribution in [0.3, 0.4) is 0 Å². The summed E-state index contributed by atoms with van der Waals surface area (Å²) in [6, 6.07) is 1.77. The van der Waals surface area contributed by atoms with Gasteiger partial charge in [0.05, 0.1) is 10.6 Å². The molecular weight excluding hydrogens is 250 g/mol. The van der Waals surface area contributed by atoms with Crippen molar-refractivity contribution in [2.75, 3.05) is 0 Å². The molecule has 5 nitrogen and oxygen atoms in total. The molecule has 2 aromatic rings. The molecule has 18 heavy (non-hydrogen) atoms. The molecule has 0 aliphatic carbocycles. The Labute approximate surface area is 109 Å². The molecule has 2 heterocycles. The summed E-state index contributed by atoms with van der Waals surface area (Å²) in [4.78, 5) is 24.6. The summed E-state index contributed by atoms with van der Waals surface area (Å²) in [5.74, 6) is -0.409. The number of esters is 1. The zero-order valence-electron chi connectivity index (χ0n) is 10.4. The van der Waals surface area contributed by atoms with E-state index in [0.717, 1.165) is 10.6 Å². The molecule has 0 saturated heterocycles. The van der Waals surface area contributed by atoms with Gasteiger partial charge in [-0.15, -0.1) is 11.3 Å². The van der Waals surface area contributed by atoms with Gasteiger partial charge in [-0.05, 0) is 26.8 Å². The maximum atomic E-state index is 11.8. The largest absolute Gasteiger partial charge is 0.455 e. The van der Waals surface area contributed by atoms with Crippen molar-refractivity contribution < 1.29 is 9.53 Å². The highest BCUT2D eigenvalue weighted by Gasteiger charge is 2.20. The number of hydrogen-bond donors (Lipinski definition) is 0. The number of carbonyl (C=O) groups is 1. The third-order valence-corrected chi connectivity index (χ3v) is 2.91. The molecule has 94 valence electrons. The van der Waals surface area contributed by atoms with Gasteiger partial charge in [0.2, 0.25) is 5.01 Å². The fraction of sp³-hybridized carbons (Fsp3) is 0.333. The second-order valence-corrected chi connectivity index (χ2v) is 5.66. The van der Waals surface area contributed by atoms with E-state index in [1.165, 1.54) is 17.7 Å². The summed E-state index contributed by atoms with van der Waals surface area (Å²) in [6.07, 6.45) is 4.73. The van der Waals surface area contributed by atoms with Crippen LogP contribution in [-0.2, 0) is 4.74 Å². The van der Waals surface area contributed by atoms with Crippen molar-refractivity contribution in [1.82, 2.24) is 15.0 Å². The normalized spacial score (nSPS) is 11.3. The van der Waals surface area contributed by atoms with Gasteiger partial charge in [-0.2, -0.15) is 0 Å². The lowest BCUT2D eigenvalue weighted by atomic mass is 10.2. The molecule has 0 spiro atoms. The van der Waals surface area contributed by atoms with Gasteiger partial charge in [0, 0.05) is 12.4 Å².